The van der Waals surface area contributed by atoms with Gasteiger partial charge in [0.05, 0.1) is 5.69 Å². The lowest BCUT2D eigenvalue weighted by Gasteiger charge is -2.17. The Bertz CT molecular complexity index is 1150. The van der Waals surface area contributed by atoms with E-state index in [4.69, 9.17) is 0 Å². The molecule has 1 aliphatic carbocycles. The summed E-state index contributed by atoms with van der Waals surface area (Å²) < 4.78 is 2.33. The van der Waals surface area contributed by atoms with Crippen molar-refractivity contribution in [2.24, 2.45) is 0 Å². The quantitative estimate of drug-likeness (QED) is 0.347. The molecule has 114 valence electrons. The highest BCUT2D eigenvalue weighted by Crippen LogP contribution is 2.40. The monoisotopic (exact) mass is 307 g/mol. The Hall–Kier alpha value is -3.06. The molecule has 3 aromatic carbocycles. The molecule has 0 spiro atoms. The van der Waals surface area contributed by atoms with Gasteiger partial charge in [0.1, 0.15) is 0 Å². The molecule has 1 aliphatic heterocycles. The molecule has 0 aromatic heterocycles. The van der Waals surface area contributed by atoms with Crippen molar-refractivity contribution in [2.45, 2.75) is 6.92 Å². The molecule has 0 saturated carbocycles. The molecule has 0 unspecified atom stereocenters. The van der Waals surface area contributed by atoms with Crippen molar-refractivity contribution in [2.75, 3.05) is 0 Å². The average molecular weight is 307 g/mol. The van der Waals surface area contributed by atoms with Crippen LogP contribution in [0.2, 0.25) is 0 Å². The van der Waals surface area contributed by atoms with E-state index in [1.165, 1.54) is 44.1 Å². The second-order valence-corrected chi connectivity index (χ2v) is 6.42. The van der Waals surface area contributed by atoms with E-state index in [1.54, 1.807) is 0 Å². The van der Waals surface area contributed by atoms with E-state index in [0.29, 0.717) is 0 Å². The van der Waals surface area contributed by atoms with Gasteiger partial charge in [0.15, 0.2) is 0 Å². The number of nitrogens with zero attached hydrogens (tertiary/aromatic N) is 1. The molecule has 0 amide bonds. The minimum atomic E-state index is 1.20. The Morgan fingerprint density at radius 2 is 1.46 bits per heavy atom. The van der Waals surface area contributed by atoms with Crippen LogP contribution in [0.4, 0.5) is 0 Å². The zero-order valence-corrected chi connectivity index (χ0v) is 13.5. The van der Waals surface area contributed by atoms with Crippen molar-refractivity contribution in [1.82, 2.24) is 4.57 Å². The van der Waals surface area contributed by atoms with Crippen LogP contribution in [0.3, 0.4) is 0 Å². The van der Waals surface area contributed by atoms with Gasteiger partial charge in [-0.3, -0.25) is 0 Å². The summed E-state index contributed by atoms with van der Waals surface area (Å²) in [5.74, 6) is 0. The minimum Gasteiger partial charge on any atom is -0.315 e. The number of rotatable bonds is 1. The lowest BCUT2D eigenvalue weighted by atomic mass is 10.0. The predicted octanol–water partition coefficient (Wildman–Crippen LogP) is 6.20. The van der Waals surface area contributed by atoms with Gasteiger partial charge in [0.25, 0.3) is 0 Å². The molecule has 1 nitrogen and oxygen atoms in total. The van der Waals surface area contributed by atoms with Crippen molar-refractivity contribution in [3.8, 4) is 16.9 Å². The van der Waals surface area contributed by atoms with Gasteiger partial charge in [-0.1, -0.05) is 66.2 Å². The Kier molecular flexibility index (Phi) is 2.77. The summed E-state index contributed by atoms with van der Waals surface area (Å²) in [5, 5.41) is 5.20. The van der Waals surface area contributed by atoms with Gasteiger partial charge in [-0.05, 0) is 41.3 Å². The van der Waals surface area contributed by atoms with Crippen LogP contribution in [0.15, 0.2) is 85.1 Å². The molecule has 2 aliphatic rings. The van der Waals surface area contributed by atoms with Crippen LogP contribution in [-0.2, 0) is 0 Å². The van der Waals surface area contributed by atoms with Crippen LogP contribution in [0, 0.1) is 6.92 Å². The van der Waals surface area contributed by atoms with E-state index < -0.39 is 0 Å². The van der Waals surface area contributed by atoms with Crippen molar-refractivity contribution >= 4 is 21.5 Å². The molecule has 5 rings (SSSR count). The average Bonchev–Trinajstić information content (AvgIpc) is 3.02. The first kappa shape index (κ1) is 13.4. The van der Waals surface area contributed by atoms with Gasteiger partial charge in [-0.2, -0.15) is 0 Å². The summed E-state index contributed by atoms with van der Waals surface area (Å²) >= 11 is 0. The molecule has 0 bridgehead atoms. The predicted molar refractivity (Wildman–Crippen MR) is 102 cm³/mol. The molecule has 0 N–H and O–H groups in total. The Labute approximate surface area is 141 Å². The van der Waals surface area contributed by atoms with E-state index in [-0.39, 0.29) is 0 Å². The molecule has 0 saturated heterocycles. The summed E-state index contributed by atoms with van der Waals surface area (Å²) in [6, 6.07) is 28.3. The van der Waals surface area contributed by atoms with Crippen LogP contribution in [0.1, 0.15) is 5.56 Å². The van der Waals surface area contributed by atoms with Crippen LogP contribution in [-0.4, -0.2) is 4.57 Å². The number of aryl methyl sites for hydroxylation is 1. The van der Waals surface area contributed by atoms with Gasteiger partial charge in [0, 0.05) is 22.8 Å². The minimum absolute atomic E-state index is 1.20. The smallest absolute Gasteiger partial charge is 0.0612 e. The summed E-state index contributed by atoms with van der Waals surface area (Å²) in [6.07, 6.45) is 2.26. The largest absolute Gasteiger partial charge is 0.315 e. The second-order valence-electron chi connectivity index (χ2n) is 6.42. The van der Waals surface area contributed by atoms with Crippen molar-refractivity contribution in [3.05, 3.63) is 90.6 Å². The molecular weight excluding hydrogens is 290 g/mol. The van der Waals surface area contributed by atoms with Crippen LogP contribution in [0.5, 0.6) is 0 Å². The third kappa shape index (κ3) is 1.88. The number of para-hydroxylation sites is 1. The number of pyridine rings is 1. The molecule has 1 heteroatoms. The van der Waals surface area contributed by atoms with Crippen LogP contribution < -0.4 is 0 Å². The number of fused-ring (bicyclic) bond motifs is 5. The maximum absolute atomic E-state index is 2.33. The normalized spacial score (nSPS) is 11.5. The van der Waals surface area contributed by atoms with E-state index in [9.17, 15) is 0 Å². The number of benzene rings is 3. The van der Waals surface area contributed by atoms with Gasteiger partial charge in [0.2, 0.25) is 0 Å². The van der Waals surface area contributed by atoms with Crippen molar-refractivity contribution in [3.63, 3.8) is 0 Å². The number of hydrogen-bond donors (Lipinski definition) is 0. The fourth-order valence-electron chi connectivity index (χ4n) is 3.68. The highest BCUT2D eigenvalue weighted by molar-refractivity contribution is 6.10. The zero-order chi connectivity index (χ0) is 16.1. The van der Waals surface area contributed by atoms with Crippen LogP contribution >= 0.6 is 0 Å². The van der Waals surface area contributed by atoms with Gasteiger partial charge in [-0.15, -0.1) is 0 Å². The summed E-state index contributed by atoms with van der Waals surface area (Å²) in [4.78, 5) is 0. The van der Waals surface area contributed by atoms with E-state index in [2.05, 4.69) is 96.6 Å². The Morgan fingerprint density at radius 1 is 0.667 bits per heavy atom. The molecule has 24 heavy (non-hydrogen) atoms. The van der Waals surface area contributed by atoms with E-state index in [0.717, 1.165) is 0 Å². The lowest BCUT2D eigenvalue weighted by Crippen LogP contribution is -2.00. The molecule has 0 radical (unpaired) electrons. The van der Waals surface area contributed by atoms with Crippen LogP contribution in [0.25, 0.3) is 38.5 Å². The molecular formula is C23H17N. The third-order valence-electron chi connectivity index (χ3n) is 4.81. The Morgan fingerprint density at radius 3 is 2.33 bits per heavy atom. The van der Waals surface area contributed by atoms with Crippen molar-refractivity contribution < 1.29 is 0 Å². The first-order chi connectivity index (χ1) is 11.8. The molecule has 1 heterocycles. The first-order valence-electron chi connectivity index (χ1n) is 8.30. The first-order valence-corrected chi connectivity index (χ1v) is 8.30. The highest BCUT2D eigenvalue weighted by atomic mass is 15.0. The lowest BCUT2D eigenvalue weighted by molar-refractivity contribution is 1.08. The number of aromatic nitrogens is 1. The summed E-state index contributed by atoms with van der Waals surface area (Å²) in [5.41, 5.74) is 5.10. The SMILES string of the molecule is Cc1ccc2cn(-c3ccccc3)c3c4ccccc4cc-3c2c1. The van der Waals surface area contributed by atoms with E-state index >= 15 is 0 Å². The zero-order valence-electron chi connectivity index (χ0n) is 13.5. The topological polar surface area (TPSA) is 4.93 Å². The van der Waals surface area contributed by atoms with Gasteiger partial charge < -0.3 is 4.57 Å². The van der Waals surface area contributed by atoms with E-state index in [1.807, 2.05) is 0 Å². The number of hydrogen-bond acceptors (Lipinski definition) is 0. The Balaban J connectivity index is 2.01. The van der Waals surface area contributed by atoms with Gasteiger partial charge in [-0.25, -0.2) is 0 Å². The molecule has 0 atom stereocenters. The van der Waals surface area contributed by atoms with Gasteiger partial charge >= 0.3 is 0 Å². The summed E-state index contributed by atoms with van der Waals surface area (Å²) in [6.45, 7) is 2.16. The van der Waals surface area contributed by atoms with Crippen molar-refractivity contribution in [1.29, 1.82) is 0 Å². The highest BCUT2D eigenvalue weighted by Gasteiger charge is 2.17. The maximum atomic E-state index is 2.33. The summed E-state index contributed by atoms with van der Waals surface area (Å²) in [7, 11) is 0. The fourth-order valence-corrected chi connectivity index (χ4v) is 3.68. The third-order valence-corrected chi connectivity index (χ3v) is 4.81. The molecule has 3 aromatic rings. The fraction of sp³-hybridized carbons (Fsp3) is 0.0435. The second kappa shape index (κ2) is 4.97. The molecule has 0 fully saturated rings. The standard InChI is InChI=1S/C23H17N/c1-16-11-12-18-15-24(19-8-3-2-4-9-19)23-20-10-6-5-7-17(20)14-22(23)21(18)13-16/h2-15H,1H3. The maximum Gasteiger partial charge on any atom is 0.0612 e.